The summed E-state index contributed by atoms with van der Waals surface area (Å²) >= 11 is 4.42. The highest BCUT2D eigenvalue weighted by Crippen LogP contribution is 2.28. The van der Waals surface area contributed by atoms with Gasteiger partial charge in [-0.3, -0.25) is 4.79 Å². The fourth-order valence-corrected chi connectivity index (χ4v) is 4.98. The highest BCUT2D eigenvalue weighted by atomic mass is 32.2. The SMILES string of the molecule is CSc1nnc(SCC(=O)Nc2cc(-c3ccc(C)cc3)nn2-c2ccccc2)s1. The van der Waals surface area contributed by atoms with Gasteiger partial charge in [-0.05, 0) is 25.3 Å². The number of aromatic nitrogens is 4. The van der Waals surface area contributed by atoms with Crippen LogP contribution in [-0.2, 0) is 4.79 Å². The summed E-state index contributed by atoms with van der Waals surface area (Å²) in [7, 11) is 0. The van der Waals surface area contributed by atoms with Crippen molar-refractivity contribution in [1.29, 1.82) is 0 Å². The van der Waals surface area contributed by atoms with Gasteiger partial charge >= 0.3 is 0 Å². The summed E-state index contributed by atoms with van der Waals surface area (Å²) in [6, 6.07) is 19.8. The zero-order valence-electron chi connectivity index (χ0n) is 16.4. The van der Waals surface area contributed by atoms with Crippen LogP contribution in [0.3, 0.4) is 0 Å². The van der Waals surface area contributed by atoms with E-state index in [4.69, 9.17) is 5.10 Å². The predicted octanol–water partition coefficient (Wildman–Crippen LogP) is 5.15. The van der Waals surface area contributed by atoms with E-state index in [0.717, 1.165) is 25.6 Å². The molecule has 6 nitrogen and oxygen atoms in total. The van der Waals surface area contributed by atoms with E-state index in [1.165, 1.54) is 28.7 Å². The van der Waals surface area contributed by atoms with Gasteiger partial charge in [-0.25, -0.2) is 4.68 Å². The number of amides is 1. The Kier molecular flexibility index (Phi) is 6.51. The molecule has 0 saturated heterocycles. The summed E-state index contributed by atoms with van der Waals surface area (Å²) in [4.78, 5) is 12.6. The van der Waals surface area contributed by atoms with Crippen molar-refractivity contribution < 1.29 is 4.79 Å². The van der Waals surface area contributed by atoms with Crippen molar-refractivity contribution in [3.8, 4) is 16.9 Å². The molecule has 0 fully saturated rings. The lowest BCUT2D eigenvalue weighted by atomic mass is 10.1. The molecule has 0 radical (unpaired) electrons. The van der Waals surface area contributed by atoms with E-state index < -0.39 is 0 Å². The smallest absolute Gasteiger partial charge is 0.235 e. The molecule has 4 aromatic rings. The number of benzene rings is 2. The second kappa shape index (κ2) is 9.46. The molecule has 0 aliphatic heterocycles. The average Bonchev–Trinajstić information content (AvgIpc) is 3.40. The van der Waals surface area contributed by atoms with Crippen LogP contribution in [0.4, 0.5) is 5.82 Å². The number of thioether (sulfide) groups is 2. The van der Waals surface area contributed by atoms with Crippen LogP contribution in [0.5, 0.6) is 0 Å². The fraction of sp³-hybridized carbons (Fsp3) is 0.143. The number of nitrogens with one attached hydrogen (secondary N) is 1. The van der Waals surface area contributed by atoms with Crippen molar-refractivity contribution in [2.24, 2.45) is 0 Å². The molecule has 152 valence electrons. The summed E-state index contributed by atoms with van der Waals surface area (Å²) in [6.45, 7) is 2.05. The van der Waals surface area contributed by atoms with E-state index in [1.54, 1.807) is 16.4 Å². The minimum absolute atomic E-state index is 0.117. The predicted molar refractivity (Wildman–Crippen MR) is 125 cm³/mol. The van der Waals surface area contributed by atoms with Gasteiger partial charge in [-0.15, -0.1) is 10.2 Å². The molecule has 0 aliphatic rings. The van der Waals surface area contributed by atoms with E-state index in [-0.39, 0.29) is 11.7 Å². The number of carbonyl (C=O) groups is 1. The van der Waals surface area contributed by atoms with E-state index in [1.807, 2.05) is 54.8 Å². The van der Waals surface area contributed by atoms with Gasteiger partial charge < -0.3 is 5.32 Å². The normalized spacial score (nSPS) is 10.9. The van der Waals surface area contributed by atoms with Crippen molar-refractivity contribution in [3.63, 3.8) is 0 Å². The van der Waals surface area contributed by atoms with E-state index in [9.17, 15) is 4.79 Å². The molecule has 0 saturated carbocycles. The molecule has 4 rings (SSSR count). The standard InChI is InChI=1S/C21H19N5OS3/c1-14-8-10-15(11-9-14)17-12-18(26(25-17)16-6-4-3-5-7-16)22-19(27)13-29-21-24-23-20(28-2)30-21/h3-12H,13H2,1-2H3,(H,22,27). The first kappa shape index (κ1) is 20.6. The van der Waals surface area contributed by atoms with Crippen LogP contribution in [-0.4, -0.2) is 37.9 Å². The lowest BCUT2D eigenvalue weighted by molar-refractivity contribution is -0.113. The molecule has 0 spiro atoms. The number of carbonyl (C=O) groups excluding carboxylic acids is 1. The molecule has 9 heteroatoms. The van der Waals surface area contributed by atoms with Gasteiger partial charge in [0, 0.05) is 11.6 Å². The molecule has 0 bridgehead atoms. The zero-order chi connectivity index (χ0) is 20.9. The second-order valence-corrected chi connectivity index (χ2v) is 9.66. The van der Waals surface area contributed by atoms with Crippen LogP contribution in [0.15, 0.2) is 69.3 Å². The van der Waals surface area contributed by atoms with Crippen LogP contribution in [0.2, 0.25) is 0 Å². The minimum Gasteiger partial charge on any atom is -0.310 e. The lowest BCUT2D eigenvalue weighted by Gasteiger charge is -2.08. The summed E-state index contributed by atoms with van der Waals surface area (Å²) in [5.41, 5.74) is 3.87. The van der Waals surface area contributed by atoms with E-state index in [0.29, 0.717) is 5.82 Å². The molecule has 1 N–H and O–H groups in total. The number of hydrogen-bond acceptors (Lipinski definition) is 7. The molecule has 0 aliphatic carbocycles. The van der Waals surface area contributed by atoms with Crippen molar-refractivity contribution in [2.75, 3.05) is 17.3 Å². The van der Waals surface area contributed by atoms with Crippen LogP contribution in [0, 0.1) is 6.92 Å². The monoisotopic (exact) mass is 453 g/mol. The average molecular weight is 454 g/mol. The number of anilines is 1. The van der Waals surface area contributed by atoms with Crippen molar-refractivity contribution in [1.82, 2.24) is 20.0 Å². The first-order valence-corrected chi connectivity index (χ1v) is 12.2. The van der Waals surface area contributed by atoms with Gasteiger partial charge in [0.1, 0.15) is 5.82 Å². The fourth-order valence-electron chi connectivity index (χ4n) is 2.75. The molecule has 2 aromatic carbocycles. The summed E-state index contributed by atoms with van der Waals surface area (Å²) in [6.07, 6.45) is 1.96. The Labute approximate surface area is 187 Å². The van der Waals surface area contributed by atoms with Crippen LogP contribution < -0.4 is 5.32 Å². The lowest BCUT2D eigenvalue weighted by Crippen LogP contribution is -2.16. The highest BCUT2D eigenvalue weighted by molar-refractivity contribution is 8.03. The molecule has 0 atom stereocenters. The van der Waals surface area contributed by atoms with Crippen molar-refractivity contribution >= 4 is 46.6 Å². The number of rotatable bonds is 7. The zero-order valence-corrected chi connectivity index (χ0v) is 18.9. The first-order chi connectivity index (χ1) is 14.6. The number of para-hydroxylation sites is 1. The molecule has 1 amide bonds. The van der Waals surface area contributed by atoms with Crippen LogP contribution >= 0.6 is 34.9 Å². The molecule has 30 heavy (non-hydrogen) atoms. The Morgan fingerprint density at radius 2 is 1.80 bits per heavy atom. The number of hydrogen-bond donors (Lipinski definition) is 1. The van der Waals surface area contributed by atoms with Gasteiger partial charge in [0.15, 0.2) is 8.68 Å². The minimum atomic E-state index is -0.117. The van der Waals surface area contributed by atoms with Gasteiger partial charge in [0.05, 0.1) is 17.1 Å². The Morgan fingerprint density at radius 1 is 1.07 bits per heavy atom. The van der Waals surface area contributed by atoms with Crippen molar-refractivity contribution in [2.45, 2.75) is 15.6 Å². The third kappa shape index (κ3) is 4.92. The maximum atomic E-state index is 12.6. The Hall–Kier alpha value is -2.62. The van der Waals surface area contributed by atoms with Gasteiger partial charge in [-0.2, -0.15) is 5.10 Å². The third-order valence-electron chi connectivity index (χ3n) is 4.21. The van der Waals surface area contributed by atoms with E-state index >= 15 is 0 Å². The maximum absolute atomic E-state index is 12.6. The van der Waals surface area contributed by atoms with Crippen LogP contribution in [0.25, 0.3) is 16.9 Å². The highest BCUT2D eigenvalue weighted by Gasteiger charge is 2.15. The quantitative estimate of drug-likeness (QED) is 0.390. The summed E-state index contributed by atoms with van der Waals surface area (Å²) in [5, 5.41) is 15.9. The number of aryl methyl sites for hydroxylation is 1. The molecule has 2 aromatic heterocycles. The maximum Gasteiger partial charge on any atom is 0.235 e. The Bertz CT molecular complexity index is 1140. The molecule has 2 heterocycles. The topological polar surface area (TPSA) is 72.7 Å². The van der Waals surface area contributed by atoms with Gasteiger partial charge in [0.25, 0.3) is 0 Å². The summed E-state index contributed by atoms with van der Waals surface area (Å²) in [5.74, 6) is 0.765. The molecular formula is C21H19N5OS3. The van der Waals surface area contributed by atoms with Gasteiger partial charge in [0.2, 0.25) is 5.91 Å². The Balaban J connectivity index is 1.56. The second-order valence-electron chi connectivity index (χ2n) is 6.40. The molecular weight excluding hydrogens is 434 g/mol. The Morgan fingerprint density at radius 3 is 2.50 bits per heavy atom. The van der Waals surface area contributed by atoms with Crippen LogP contribution in [0.1, 0.15) is 5.56 Å². The first-order valence-electron chi connectivity index (χ1n) is 9.15. The summed E-state index contributed by atoms with van der Waals surface area (Å²) < 4.78 is 3.43. The van der Waals surface area contributed by atoms with Crippen molar-refractivity contribution in [3.05, 3.63) is 66.2 Å². The van der Waals surface area contributed by atoms with E-state index in [2.05, 4.69) is 34.6 Å². The van der Waals surface area contributed by atoms with Gasteiger partial charge in [-0.1, -0.05) is 82.9 Å². The number of nitrogens with zero attached hydrogens (tertiary/aromatic N) is 4. The third-order valence-corrected chi connectivity index (χ3v) is 7.25. The molecule has 0 unspecified atom stereocenters. The largest absolute Gasteiger partial charge is 0.310 e.